The van der Waals surface area contributed by atoms with Gasteiger partial charge in [0.15, 0.2) is 0 Å². The highest BCUT2D eigenvalue weighted by Crippen LogP contribution is 2.12. The third kappa shape index (κ3) is 2.67. The largest absolute Gasteiger partial charge is 0.296 e. The van der Waals surface area contributed by atoms with E-state index in [1.807, 2.05) is 13.1 Å². The first-order valence-corrected chi connectivity index (χ1v) is 5.93. The second-order valence-corrected chi connectivity index (χ2v) is 4.30. The molecule has 0 amide bonds. The molecule has 3 nitrogen and oxygen atoms in total. The second-order valence-electron chi connectivity index (χ2n) is 4.03. The first-order chi connectivity index (χ1) is 7.29. The van der Waals surface area contributed by atoms with Gasteiger partial charge in [0.25, 0.3) is 0 Å². The van der Waals surface area contributed by atoms with E-state index in [9.17, 15) is 0 Å². The molecule has 15 heavy (non-hydrogen) atoms. The summed E-state index contributed by atoms with van der Waals surface area (Å²) in [6.45, 7) is 5.21. The highest BCUT2D eigenvalue weighted by Gasteiger charge is 2.13. The predicted octanol–water partition coefficient (Wildman–Crippen LogP) is 2.12. The Bertz CT molecular complexity index is 335. The van der Waals surface area contributed by atoms with Gasteiger partial charge in [0.1, 0.15) is 5.82 Å². The Morgan fingerprint density at radius 1 is 1.40 bits per heavy atom. The van der Waals surface area contributed by atoms with Crippen molar-refractivity contribution in [3.05, 3.63) is 23.3 Å². The fourth-order valence-corrected chi connectivity index (χ4v) is 2.14. The minimum Gasteiger partial charge on any atom is -0.296 e. The standard InChI is InChI=1S/C11H16ClN3/c1-9-7-13-11(14-10(9)6-12)8-15-4-2-3-5-15/h7H,2-6,8H2,1H3. The van der Waals surface area contributed by atoms with Crippen molar-refractivity contribution in [2.24, 2.45) is 0 Å². The third-order valence-corrected chi connectivity index (χ3v) is 3.07. The number of nitrogens with zero attached hydrogens (tertiary/aromatic N) is 3. The summed E-state index contributed by atoms with van der Waals surface area (Å²) in [7, 11) is 0. The smallest absolute Gasteiger partial charge is 0.142 e. The van der Waals surface area contributed by atoms with E-state index in [0.29, 0.717) is 5.88 Å². The monoisotopic (exact) mass is 225 g/mol. The van der Waals surface area contributed by atoms with Gasteiger partial charge < -0.3 is 0 Å². The van der Waals surface area contributed by atoms with Crippen LogP contribution in [0.2, 0.25) is 0 Å². The van der Waals surface area contributed by atoms with Gasteiger partial charge in [-0.3, -0.25) is 4.90 Å². The highest BCUT2D eigenvalue weighted by molar-refractivity contribution is 6.16. The molecule has 0 spiro atoms. The van der Waals surface area contributed by atoms with Crippen LogP contribution in [0.1, 0.15) is 29.9 Å². The molecule has 2 heterocycles. The van der Waals surface area contributed by atoms with Crippen LogP contribution in [0, 0.1) is 6.92 Å². The lowest BCUT2D eigenvalue weighted by atomic mass is 10.3. The molecule has 1 aromatic heterocycles. The van der Waals surface area contributed by atoms with Crippen molar-refractivity contribution in [3.8, 4) is 0 Å². The Morgan fingerprint density at radius 3 is 2.80 bits per heavy atom. The molecule has 1 aliphatic rings. The summed E-state index contributed by atoms with van der Waals surface area (Å²) in [6, 6.07) is 0. The van der Waals surface area contributed by atoms with Crippen molar-refractivity contribution >= 4 is 11.6 Å². The van der Waals surface area contributed by atoms with Crippen LogP contribution in [0.3, 0.4) is 0 Å². The molecule has 1 saturated heterocycles. The van der Waals surface area contributed by atoms with E-state index in [2.05, 4.69) is 14.9 Å². The first-order valence-electron chi connectivity index (χ1n) is 5.39. The molecule has 0 bridgehead atoms. The molecule has 0 aromatic carbocycles. The minimum atomic E-state index is 0.474. The molecule has 82 valence electrons. The molecule has 0 atom stereocenters. The minimum absolute atomic E-state index is 0.474. The lowest BCUT2D eigenvalue weighted by Crippen LogP contribution is -2.20. The molecule has 0 unspecified atom stereocenters. The van der Waals surface area contributed by atoms with Crippen molar-refractivity contribution in [2.45, 2.75) is 32.2 Å². The molecule has 0 radical (unpaired) electrons. The Kier molecular flexibility index (Phi) is 3.54. The summed E-state index contributed by atoms with van der Waals surface area (Å²) in [6.07, 6.45) is 4.47. The number of alkyl halides is 1. The zero-order valence-corrected chi connectivity index (χ0v) is 9.80. The average Bonchev–Trinajstić information content (AvgIpc) is 2.73. The van der Waals surface area contributed by atoms with Crippen molar-refractivity contribution in [2.75, 3.05) is 13.1 Å². The molecule has 2 rings (SSSR count). The summed E-state index contributed by atoms with van der Waals surface area (Å²) in [5.41, 5.74) is 2.04. The molecule has 0 saturated carbocycles. The van der Waals surface area contributed by atoms with Gasteiger partial charge in [-0.15, -0.1) is 11.6 Å². The van der Waals surface area contributed by atoms with Crippen LogP contribution >= 0.6 is 11.6 Å². The third-order valence-electron chi connectivity index (χ3n) is 2.82. The van der Waals surface area contributed by atoms with E-state index >= 15 is 0 Å². The Labute approximate surface area is 95.5 Å². The lowest BCUT2D eigenvalue weighted by molar-refractivity contribution is 0.322. The maximum atomic E-state index is 5.82. The number of hydrogen-bond donors (Lipinski definition) is 0. The summed E-state index contributed by atoms with van der Waals surface area (Å²) in [5, 5.41) is 0. The Balaban J connectivity index is 2.07. The predicted molar refractivity (Wildman–Crippen MR) is 60.8 cm³/mol. The number of rotatable bonds is 3. The molecule has 4 heteroatoms. The van der Waals surface area contributed by atoms with Crippen molar-refractivity contribution in [3.63, 3.8) is 0 Å². The van der Waals surface area contributed by atoms with Gasteiger partial charge in [-0.05, 0) is 38.4 Å². The number of hydrogen-bond acceptors (Lipinski definition) is 3. The van der Waals surface area contributed by atoms with Gasteiger partial charge in [0.2, 0.25) is 0 Å². The number of aryl methyl sites for hydroxylation is 1. The molecule has 1 aliphatic heterocycles. The van der Waals surface area contributed by atoms with Crippen LogP contribution in [0.25, 0.3) is 0 Å². The van der Waals surface area contributed by atoms with Crippen LogP contribution in [0.15, 0.2) is 6.20 Å². The van der Waals surface area contributed by atoms with Crippen LogP contribution in [-0.2, 0) is 12.4 Å². The van der Waals surface area contributed by atoms with Gasteiger partial charge in [0.05, 0.1) is 18.1 Å². The van der Waals surface area contributed by atoms with Gasteiger partial charge in [-0.2, -0.15) is 0 Å². The van der Waals surface area contributed by atoms with Crippen LogP contribution in [-0.4, -0.2) is 28.0 Å². The number of halogens is 1. The number of likely N-dealkylation sites (tertiary alicyclic amines) is 1. The Hall–Kier alpha value is -0.670. The van der Waals surface area contributed by atoms with Crippen molar-refractivity contribution < 1.29 is 0 Å². The topological polar surface area (TPSA) is 29.0 Å². The first kappa shape index (κ1) is 10.8. The van der Waals surface area contributed by atoms with E-state index in [-0.39, 0.29) is 0 Å². The normalized spacial score (nSPS) is 17.2. The fourth-order valence-electron chi connectivity index (χ4n) is 1.87. The van der Waals surface area contributed by atoms with Gasteiger partial charge in [-0.25, -0.2) is 9.97 Å². The van der Waals surface area contributed by atoms with Crippen LogP contribution in [0.5, 0.6) is 0 Å². The molecule has 1 aromatic rings. The highest BCUT2D eigenvalue weighted by atomic mass is 35.5. The molecule has 0 aliphatic carbocycles. The van der Waals surface area contributed by atoms with Crippen LogP contribution < -0.4 is 0 Å². The summed E-state index contributed by atoms with van der Waals surface area (Å²) >= 11 is 5.82. The summed E-state index contributed by atoms with van der Waals surface area (Å²) < 4.78 is 0. The van der Waals surface area contributed by atoms with E-state index in [4.69, 9.17) is 11.6 Å². The maximum Gasteiger partial charge on any atom is 0.142 e. The Morgan fingerprint density at radius 2 is 2.13 bits per heavy atom. The van der Waals surface area contributed by atoms with E-state index in [1.165, 1.54) is 25.9 Å². The average molecular weight is 226 g/mol. The van der Waals surface area contributed by atoms with Gasteiger partial charge in [0, 0.05) is 6.20 Å². The number of aromatic nitrogens is 2. The summed E-state index contributed by atoms with van der Waals surface area (Å²) in [5.74, 6) is 1.37. The van der Waals surface area contributed by atoms with Crippen molar-refractivity contribution in [1.82, 2.24) is 14.9 Å². The summed E-state index contributed by atoms with van der Waals surface area (Å²) in [4.78, 5) is 11.2. The molecule has 0 N–H and O–H groups in total. The molecular weight excluding hydrogens is 210 g/mol. The van der Waals surface area contributed by atoms with Gasteiger partial charge >= 0.3 is 0 Å². The quantitative estimate of drug-likeness (QED) is 0.738. The van der Waals surface area contributed by atoms with Crippen LogP contribution in [0.4, 0.5) is 0 Å². The van der Waals surface area contributed by atoms with E-state index < -0.39 is 0 Å². The zero-order valence-electron chi connectivity index (χ0n) is 9.04. The lowest BCUT2D eigenvalue weighted by Gasteiger charge is -2.13. The second kappa shape index (κ2) is 4.90. The molecule has 1 fully saturated rings. The SMILES string of the molecule is Cc1cnc(CN2CCCC2)nc1CCl. The fraction of sp³-hybridized carbons (Fsp3) is 0.636. The maximum absolute atomic E-state index is 5.82. The van der Waals surface area contributed by atoms with E-state index in [1.54, 1.807) is 0 Å². The zero-order chi connectivity index (χ0) is 10.7. The van der Waals surface area contributed by atoms with E-state index in [0.717, 1.165) is 23.6 Å². The molecular formula is C11H16ClN3. The van der Waals surface area contributed by atoms with Crippen molar-refractivity contribution in [1.29, 1.82) is 0 Å². The van der Waals surface area contributed by atoms with Gasteiger partial charge in [-0.1, -0.05) is 0 Å².